The van der Waals surface area contributed by atoms with E-state index < -0.39 is 0 Å². The van der Waals surface area contributed by atoms with E-state index in [0.717, 1.165) is 16.8 Å². The third-order valence-electron chi connectivity index (χ3n) is 2.46. The summed E-state index contributed by atoms with van der Waals surface area (Å²) in [6.07, 6.45) is 3.39. The van der Waals surface area contributed by atoms with Gasteiger partial charge in [0.1, 0.15) is 5.69 Å². The molecule has 84 valence electrons. The monoisotopic (exact) mass is 244 g/mol. The number of aromatic amines is 1. The summed E-state index contributed by atoms with van der Waals surface area (Å²) in [5, 5.41) is 0.588. The Labute approximate surface area is 103 Å². The number of halogens is 1. The average Bonchev–Trinajstić information content (AvgIpc) is 2.72. The molecule has 3 aromatic heterocycles. The number of pyridine rings is 2. The molecule has 1 N–H and O–H groups in total. The second kappa shape index (κ2) is 3.82. The molecule has 0 aliphatic rings. The highest BCUT2D eigenvalue weighted by molar-refractivity contribution is 6.31. The summed E-state index contributed by atoms with van der Waals surface area (Å²) in [5.41, 5.74) is 3.37. The summed E-state index contributed by atoms with van der Waals surface area (Å²) < 4.78 is 0. The molecule has 0 unspecified atom stereocenters. The summed E-state index contributed by atoms with van der Waals surface area (Å²) in [6, 6.07) is 5.72. The van der Waals surface area contributed by atoms with Gasteiger partial charge in [-0.15, -0.1) is 0 Å². The highest BCUT2D eigenvalue weighted by atomic mass is 35.5. The fourth-order valence-electron chi connectivity index (χ4n) is 1.60. The first-order chi connectivity index (χ1) is 8.22. The summed E-state index contributed by atoms with van der Waals surface area (Å²) in [5.74, 6) is 0.703. The number of hydrogen-bond acceptors (Lipinski definition) is 3. The Bertz CT molecular complexity index is 673. The predicted octanol–water partition coefficient (Wildman–Crippen LogP) is 2.98. The van der Waals surface area contributed by atoms with Crippen molar-refractivity contribution in [2.24, 2.45) is 0 Å². The highest BCUT2D eigenvalue weighted by Gasteiger charge is 2.07. The van der Waals surface area contributed by atoms with Crippen LogP contribution in [0.2, 0.25) is 5.02 Å². The first-order valence-electron chi connectivity index (χ1n) is 5.17. The van der Waals surface area contributed by atoms with Crippen LogP contribution in [-0.2, 0) is 0 Å². The molecule has 4 nitrogen and oxygen atoms in total. The Balaban J connectivity index is 2.14. The molecule has 0 atom stereocenters. The van der Waals surface area contributed by atoms with E-state index in [2.05, 4.69) is 19.9 Å². The maximum atomic E-state index is 5.87. The van der Waals surface area contributed by atoms with Crippen LogP contribution in [-0.4, -0.2) is 19.9 Å². The lowest BCUT2D eigenvalue weighted by Gasteiger charge is -1.95. The number of fused-ring (bicyclic) bond motifs is 1. The zero-order valence-corrected chi connectivity index (χ0v) is 9.86. The molecule has 0 aromatic carbocycles. The molecule has 0 aliphatic carbocycles. The van der Waals surface area contributed by atoms with E-state index in [9.17, 15) is 0 Å². The summed E-state index contributed by atoms with van der Waals surface area (Å²) in [6.45, 7) is 2.00. The lowest BCUT2D eigenvalue weighted by Crippen LogP contribution is -1.85. The molecule has 0 fully saturated rings. The van der Waals surface area contributed by atoms with E-state index in [0.29, 0.717) is 16.5 Å². The zero-order chi connectivity index (χ0) is 11.8. The van der Waals surface area contributed by atoms with Gasteiger partial charge in [-0.05, 0) is 24.6 Å². The van der Waals surface area contributed by atoms with Gasteiger partial charge in [0.15, 0.2) is 11.5 Å². The number of nitrogens with one attached hydrogen (secondary N) is 1. The molecular formula is C12H9ClN4. The van der Waals surface area contributed by atoms with E-state index in [-0.39, 0.29) is 0 Å². The molecule has 0 aliphatic heterocycles. The number of rotatable bonds is 1. The molecule has 17 heavy (non-hydrogen) atoms. The number of aryl methyl sites for hydroxylation is 1. The highest BCUT2D eigenvalue weighted by Crippen LogP contribution is 2.19. The summed E-state index contributed by atoms with van der Waals surface area (Å²) in [7, 11) is 0. The van der Waals surface area contributed by atoms with Crippen LogP contribution >= 0.6 is 11.6 Å². The van der Waals surface area contributed by atoms with Gasteiger partial charge in [-0.3, -0.25) is 4.98 Å². The molecular weight excluding hydrogens is 236 g/mol. The fourth-order valence-corrected chi connectivity index (χ4v) is 1.76. The smallest absolute Gasteiger partial charge is 0.178 e. The average molecular weight is 245 g/mol. The van der Waals surface area contributed by atoms with Crippen LogP contribution in [0.4, 0.5) is 0 Å². The second-order valence-corrected chi connectivity index (χ2v) is 4.27. The van der Waals surface area contributed by atoms with Crippen LogP contribution in [0.15, 0.2) is 30.6 Å². The number of aromatic nitrogens is 4. The lowest BCUT2D eigenvalue weighted by atomic mass is 10.3. The van der Waals surface area contributed by atoms with Gasteiger partial charge >= 0.3 is 0 Å². The summed E-state index contributed by atoms with van der Waals surface area (Å²) >= 11 is 5.87. The first-order valence-corrected chi connectivity index (χ1v) is 5.54. The number of hydrogen-bond donors (Lipinski definition) is 1. The standard InChI is InChI=1S/C12H9ClN4/c1-7-2-3-9(14-5-7)12-16-10-4-8(13)6-15-11(10)17-12/h2-6H,1H3,(H,15,16,17). The van der Waals surface area contributed by atoms with E-state index in [4.69, 9.17) is 11.6 Å². The largest absolute Gasteiger partial charge is 0.335 e. The number of H-pyrrole nitrogens is 1. The van der Waals surface area contributed by atoms with Gasteiger partial charge < -0.3 is 4.98 Å². The molecule has 3 heterocycles. The first kappa shape index (κ1) is 10.2. The Kier molecular flexibility index (Phi) is 2.30. The van der Waals surface area contributed by atoms with Crippen molar-refractivity contribution in [3.8, 4) is 11.5 Å². The van der Waals surface area contributed by atoms with Crippen LogP contribution in [0.3, 0.4) is 0 Å². The molecule has 0 bridgehead atoms. The molecule has 0 saturated heterocycles. The fraction of sp³-hybridized carbons (Fsp3) is 0.0833. The van der Waals surface area contributed by atoms with Gasteiger partial charge in [-0.1, -0.05) is 17.7 Å². The number of nitrogens with zero attached hydrogens (tertiary/aromatic N) is 3. The molecule has 0 saturated carbocycles. The second-order valence-electron chi connectivity index (χ2n) is 3.83. The topological polar surface area (TPSA) is 54.5 Å². The Hall–Kier alpha value is -1.94. The minimum absolute atomic E-state index is 0.588. The Morgan fingerprint density at radius 1 is 1.18 bits per heavy atom. The van der Waals surface area contributed by atoms with Gasteiger partial charge in [-0.2, -0.15) is 0 Å². The van der Waals surface area contributed by atoms with Gasteiger partial charge in [0.25, 0.3) is 0 Å². The molecule has 5 heteroatoms. The van der Waals surface area contributed by atoms with Crippen molar-refractivity contribution in [3.05, 3.63) is 41.2 Å². The lowest BCUT2D eigenvalue weighted by molar-refractivity contribution is 1.21. The van der Waals surface area contributed by atoms with Crippen molar-refractivity contribution in [2.75, 3.05) is 0 Å². The Morgan fingerprint density at radius 2 is 2.06 bits per heavy atom. The molecule has 3 rings (SSSR count). The molecule has 0 radical (unpaired) electrons. The van der Waals surface area contributed by atoms with Crippen molar-refractivity contribution < 1.29 is 0 Å². The van der Waals surface area contributed by atoms with Gasteiger partial charge in [0.05, 0.1) is 10.5 Å². The minimum Gasteiger partial charge on any atom is -0.335 e. The normalized spacial score (nSPS) is 10.9. The van der Waals surface area contributed by atoms with Crippen molar-refractivity contribution in [3.63, 3.8) is 0 Å². The maximum absolute atomic E-state index is 5.87. The van der Waals surface area contributed by atoms with Crippen LogP contribution in [0.1, 0.15) is 5.56 Å². The summed E-state index contributed by atoms with van der Waals surface area (Å²) in [4.78, 5) is 16.0. The third kappa shape index (κ3) is 1.87. The number of imidazole rings is 1. The maximum Gasteiger partial charge on any atom is 0.178 e. The van der Waals surface area contributed by atoms with E-state index in [1.54, 1.807) is 12.3 Å². The van der Waals surface area contributed by atoms with Gasteiger partial charge in [0, 0.05) is 12.4 Å². The van der Waals surface area contributed by atoms with Crippen LogP contribution in [0.25, 0.3) is 22.7 Å². The van der Waals surface area contributed by atoms with E-state index >= 15 is 0 Å². The zero-order valence-electron chi connectivity index (χ0n) is 9.11. The van der Waals surface area contributed by atoms with E-state index in [1.807, 2.05) is 25.3 Å². The predicted molar refractivity (Wildman–Crippen MR) is 66.9 cm³/mol. The van der Waals surface area contributed by atoms with Crippen molar-refractivity contribution in [2.45, 2.75) is 6.92 Å². The van der Waals surface area contributed by atoms with E-state index in [1.165, 1.54) is 0 Å². The van der Waals surface area contributed by atoms with Crippen LogP contribution < -0.4 is 0 Å². The van der Waals surface area contributed by atoms with Gasteiger partial charge in [0.2, 0.25) is 0 Å². The van der Waals surface area contributed by atoms with Crippen molar-refractivity contribution in [1.82, 2.24) is 19.9 Å². The van der Waals surface area contributed by atoms with Crippen molar-refractivity contribution in [1.29, 1.82) is 0 Å². The van der Waals surface area contributed by atoms with Gasteiger partial charge in [-0.25, -0.2) is 9.97 Å². The molecule has 0 amide bonds. The Morgan fingerprint density at radius 3 is 2.82 bits per heavy atom. The SMILES string of the molecule is Cc1ccc(-c2nc3ncc(Cl)cc3[nH]2)nc1. The van der Waals surface area contributed by atoms with Crippen LogP contribution in [0, 0.1) is 6.92 Å². The van der Waals surface area contributed by atoms with Crippen LogP contribution in [0.5, 0.6) is 0 Å². The molecule has 3 aromatic rings. The third-order valence-corrected chi connectivity index (χ3v) is 2.66. The molecule has 0 spiro atoms. The van der Waals surface area contributed by atoms with Crippen molar-refractivity contribution >= 4 is 22.8 Å². The minimum atomic E-state index is 0.588. The quantitative estimate of drug-likeness (QED) is 0.716.